The van der Waals surface area contributed by atoms with Crippen molar-refractivity contribution in [1.82, 2.24) is 5.32 Å². The highest BCUT2D eigenvalue weighted by Gasteiger charge is 2.27. The van der Waals surface area contributed by atoms with Crippen molar-refractivity contribution in [2.45, 2.75) is 335 Å². The number of carbonyl (C=O) groups is 2. The maximum Gasteiger partial charge on any atom is 0.306 e. The lowest BCUT2D eigenvalue weighted by molar-refractivity contribution is -0.870. The zero-order chi connectivity index (χ0) is 55.7. The molecular formula is C66H127N2O7P. The van der Waals surface area contributed by atoms with Crippen molar-refractivity contribution >= 4 is 19.7 Å². The molecule has 3 unspecified atom stereocenters. The van der Waals surface area contributed by atoms with E-state index in [4.69, 9.17) is 13.8 Å². The number of phosphoric acid groups is 1. The van der Waals surface area contributed by atoms with Crippen molar-refractivity contribution in [1.29, 1.82) is 0 Å². The molecule has 1 N–H and O–H groups in total. The van der Waals surface area contributed by atoms with Crippen molar-refractivity contribution in [3.63, 3.8) is 0 Å². The highest BCUT2D eigenvalue weighted by molar-refractivity contribution is 7.45. The highest BCUT2D eigenvalue weighted by Crippen LogP contribution is 2.38. The number of esters is 1. The number of carbonyl (C=O) groups excluding carboxylic acids is 2. The molecule has 3 atom stereocenters. The van der Waals surface area contributed by atoms with Crippen LogP contribution in [0.3, 0.4) is 0 Å². The topological polar surface area (TPSA) is 114 Å². The van der Waals surface area contributed by atoms with E-state index < -0.39 is 26.6 Å². The predicted molar refractivity (Wildman–Crippen MR) is 326 cm³/mol. The van der Waals surface area contributed by atoms with Gasteiger partial charge in [0.05, 0.1) is 33.8 Å². The molecule has 0 saturated carbocycles. The molecule has 0 fully saturated rings. The second-order valence-electron chi connectivity index (χ2n) is 23.6. The molecule has 0 aliphatic heterocycles. The summed E-state index contributed by atoms with van der Waals surface area (Å²) in [6.07, 6.45) is 68.3. The average molecular weight is 1090 g/mol. The Bertz CT molecular complexity index is 1400. The van der Waals surface area contributed by atoms with E-state index in [1.807, 2.05) is 33.3 Å². The van der Waals surface area contributed by atoms with E-state index >= 15 is 0 Å². The van der Waals surface area contributed by atoms with Gasteiger partial charge in [0.1, 0.15) is 19.3 Å². The minimum Gasteiger partial charge on any atom is -0.756 e. The molecule has 0 saturated heterocycles. The van der Waals surface area contributed by atoms with Gasteiger partial charge in [-0.05, 0) is 83.1 Å². The fraction of sp³-hybridized carbons (Fsp3) is 0.879. The first-order valence-electron chi connectivity index (χ1n) is 32.8. The largest absolute Gasteiger partial charge is 0.756 e. The molecule has 0 aliphatic rings. The number of hydrogen-bond acceptors (Lipinski definition) is 7. The van der Waals surface area contributed by atoms with Crippen molar-refractivity contribution in [2.75, 3.05) is 40.9 Å². The number of rotatable bonds is 60. The molecule has 448 valence electrons. The van der Waals surface area contributed by atoms with Gasteiger partial charge in [-0.2, -0.15) is 0 Å². The van der Waals surface area contributed by atoms with Gasteiger partial charge >= 0.3 is 5.97 Å². The standard InChI is InChI=1S/C66H127N2O7P/c1-7-10-13-16-19-22-25-28-30-31-32-33-34-35-36-37-38-41-44-47-50-53-56-59-66(70)75-64(57-54-51-48-45-42-39-27-24-21-18-15-12-9-3)63(62-74-76(71,72)73-61-60-68(4,5)6)67-65(69)58-55-52-49-46-43-40-29-26-23-20-17-14-11-8-2/h28,30,40,43,54,57,63-64H,7-27,29,31-39,41-42,44-53,55-56,58-62H2,1-6H3,(H-,67,69,71,72)/b30-28+,43-40-,57-54-. The smallest absolute Gasteiger partial charge is 0.306 e. The monoisotopic (exact) mass is 1090 g/mol. The number of likely N-dealkylation sites (N-methyl/N-ethyl adjacent to an activating group) is 1. The van der Waals surface area contributed by atoms with E-state index in [1.165, 1.54) is 218 Å². The Morgan fingerprint density at radius 3 is 1.13 bits per heavy atom. The quantitative estimate of drug-likeness (QED) is 0.0212. The van der Waals surface area contributed by atoms with E-state index in [0.29, 0.717) is 17.4 Å². The van der Waals surface area contributed by atoms with Gasteiger partial charge in [0, 0.05) is 12.8 Å². The molecule has 0 bridgehead atoms. The first kappa shape index (κ1) is 74.2. The minimum absolute atomic E-state index is 0.0229. The molecule has 0 aromatic rings. The Kier molecular flexibility index (Phi) is 55.2. The number of amides is 1. The third-order valence-electron chi connectivity index (χ3n) is 14.8. The first-order valence-corrected chi connectivity index (χ1v) is 34.3. The third kappa shape index (κ3) is 56.9. The van der Waals surface area contributed by atoms with E-state index in [-0.39, 0.29) is 24.9 Å². The fourth-order valence-electron chi connectivity index (χ4n) is 9.69. The van der Waals surface area contributed by atoms with Crippen LogP contribution in [-0.2, 0) is 27.9 Å². The average Bonchev–Trinajstić information content (AvgIpc) is 3.38. The van der Waals surface area contributed by atoms with Crippen molar-refractivity contribution in [3.8, 4) is 0 Å². The lowest BCUT2D eigenvalue weighted by Gasteiger charge is -2.30. The van der Waals surface area contributed by atoms with Gasteiger partial charge in [-0.25, -0.2) is 0 Å². The van der Waals surface area contributed by atoms with Crippen LogP contribution in [0.4, 0.5) is 0 Å². The molecule has 0 spiro atoms. The molecule has 0 radical (unpaired) electrons. The summed E-state index contributed by atoms with van der Waals surface area (Å²) in [6, 6.07) is -0.893. The summed E-state index contributed by atoms with van der Waals surface area (Å²) < 4.78 is 30.3. The van der Waals surface area contributed by atoms with Crippen LogP contribution in [0, 0.1) is 0 Å². The molecule has 76 heavy (non-hydrogen) atoms. The van der Waals surface area contributed by atoms with Gasteiger partial charge in [-0.15, -0.1) is 0 Å². The number of nitrogens with zero attached hydrogens (tertiary/aromatic N) is 1. The lowest BCUT2D eigenvalue weighted by Crippen LogP contribution is -2.47. The van der Waals surface area contributed by atoms with Gasteiger partial charge < -0.3 is 28.5 Å². The molecule has 9 nitrogen and oxygen atoms in total. The Morgan fingerprint density at radius 1 is 0.447 bits per heavy atom. The Labute approximate surface area is 472 Å². The van der Waals surface area contributed by atoms with Crippen LogP contribution >= 0.6 is 7.82 Å². The number of ether oxygens (including phenoxy) is 1. The molecule has 0 heterocycles. The van der Waals surface area contributed by atoms with Crippen LogP contribution in [0.5, 0.6) is 0 Å². The molecule has 0 rings (SSSR count). The summed E-state index contributed by atoms with van der Waals surface area (Å²) in [5, 5.41) is 3.03. The maximum absolute atomic E-state index is 13.5. The second kappa shape index (κ2) is 56.5. The highest BCUT2D eigenvalue weighted by atomic mass is 31.2. The summed E-state index contributed by atoms with van der Waals surface area (Å²) in [4.78, 5) is 40.0. The van der Waals surface area contributed by atoms with Crippen LogP contribution in [-0.4, -0.2) is 69.4 Å². The SMILES string of the molecule is CCCCCCCC/C=C/CCCCCCCCCCCCCCCC(=O)OC(/C=C\CCCCCCCCCCCCC)C(COP(=O)([O-])OCC[N+](C)(C)C)NC(=O)CCCCC/C=C\CCCCCCCCC. The number of nitrogens with one attached hydrogen (secondary N) is 1. The fourth-order valence-corrected chi connectivity index (χ4v) is 10.4. The van der Waals surface area contributed by atoms with Crippen molar-refractivity contribution in [2.24, 2.45) is 0 Å². The van der Waals surface area contributed by atoms with Crippen LogP contribution in [0.15, 0.2) is 36.5 Å². The van der Waals surface area contributed by atoms with Gasteiger partial charge in [-0.3, -0.25) is 14.2 Å². The van der Waals surface area contributed by atoms with Crippen LogP contribution in [0.25, 0.3) is 0 Å². The summed E-state index contributed by atoms with van der Waals surface area (Å²) in [7, 11) is 1.19. The van der Waals surface area contributed by atoms with Gasteiger partial charge in [0.15, 0.2) is 0 Å². The van der Waals surface area contributed by atoms with E-state index in [9.17, 15) is 19.0 Å². The summed E-state index contributed by atoms with van der Waals surface area (Å²) >= 11 is 0. The number of allylic oxidation sites excluding steroid dienone is 5. The first-order chi connectivity index (χ1) is 36.9. The minimum atomic E-state index is -4.70. The normalized spacial score (nSPS) is 13.8. The number of hydrogen-bond donors (Lipinski definition) is 1. The van der Waals surface area contributed by atoms with Crippen molar-refractivity contribution < 1.29 is 37.3 Å². The predicted octanol–water partition coefficient (Wildman–Crippen LogP) is 19.7. The molecule has 10 heteroatoms. The van der Waals surface area contributed by atoms with Crippen molar-refractivity contribution in [3.05, 3.63) is 36.5 Å². The molecule has 1 amide bonds. The molecule has 0 aromatic carbocycles. The zero-order valence-electron chi connectivity index (χ0n) is 51.2. The Hall–Kier alpha value is -1.77. The molecule has 0 aromatic heterocycles. The van der Waals surface area contributed by atoms with E-state index in [1.54, 1.807) is 0 Å². The number of phosphoric ester groups is 1. The summed E-state index contributed by atoms with van der Waals surface area (Å²) in [6.45, 7) is 6.86. The Balaban J connectivity index is 5.15. The van der Waals surface area contributed by atoms with Crippen LogP contribution < -0.4 is 10.2 Å². The third-order valence-corrected chi connectivity index (χ3v) is 15.8. The zero-order valence-corrected chi connectivity index (χ0v) is 52.1. The molecule has 0 aliphatic carbocycles. The van der Waals surface area contributed by atoms with Crippen LogP contribution in [0.2, 0.25) is 0 Å². The summed E-state index contributed by atoms with van der Waals surface area (Å²) in [5.41, 5.74) is 0. The van der Waals surface area contributed by atoms with Crippen LogP contribution in [0.1, 0.15) is 323 Å². The Morgan fingerprint density at radius 2 is 0.763 bits per heavy atom. The van der Waals surface area contributed by atoms with E-state index in [0.717, 1.165) is 70.6 Å². The maximum atomic E-state index is 13.5. The van der Waals surface area contributed by atoms with Gasteiger partial charge in [-0.1, -0.05) is 263 Å². The molecular weight excluding hydrogens is 964 g/mol. The van der Waals surface area contributed by atoms with Gasteiger partial charge in [0.2, 0.25) is 5.91 Å². The van der Waals surface area contributed by atoms with Gasteiger partial charge in [0.25, 0.3) is 7.82 Å². The second-order valence-corrected chi connectivity index (χ2v) is 25.0. The lowest BCUT2D eigenvalue weighted by atomic mass is 10.0. The number of quaternary nitrogens is 1. The van der Waals surface area contributed by atoms with E-state index in [2.05, 4.69) is 50.4 Å². The number of unbranched alkanes of at least 4 members (excludes halogenated alkanes) is 40. The summed E-state index contributed by atoms with van der Waals surface area (Å²) in [5.74, 6) is -0.546.